The molecular formula is C15H15ClN4O. The highest BCUT2D eigenvalue weighted by Gasteiger charge is 2.21. The Bertz CT molecular complexity index is 668. The smallest absolute Gasteiger partial charge is 0.258 e. The molecule has 21 heavy (non-hydrogen) atoms. The number of amides is 1. The molecule has 1 aliphatic carbocycles. The van der Waals surface area contributed by atoms with Gasteiger partial charge in [-0.25, -0.2) is 9.97 Å². The summed E-state index contributed by atoms with van der Waals surface area (Å²) < 4.78 is 0. The maximum Gasteiger partial charge on any atom is 0.258 e. The minimum absolute atomic E-state index is 0.238. The van der Waals surface area contributed by atoms with Crippen LogP contribution >= 0.6 is 11.6 Å². The average molecular weight is 303 g/mol. The molecule has 1 aromatic carbocycles. The monoisotopic (exact) mass is 302 g/mol. The molecule has 0 unspecified atom stereocenters. The number of nitrogens with one attached hydrogen (secondary N) is 2. The summed E-state index contributed by atoms with van der Waals surface area (Å²) in [6, 6.07) is 5.81. The van der Waals surface area contributed by atoms with Crippen molar-refractivity contribution >= 4 is 29.1 Å². The number of nitrogens with zero attached hydrogens (tertiary/aromatic N) is 2. The molecule has 1 heterocycles. The number of aryl methyl sites for hydroxylation is 1. The fourth-order valence-corrected chi connectivity index (χ4v) is 2.12. The van der Waals surface area contributed by atoms with Gasteiger partial charge in [-0.1, -0.05) is 11.6 Å². The number of hydrogen-bond donors (Lipinski definition) is 2. The molecule has 0 aliphatic heterocycles. The van der Waals surface area contributed by atoms with Crippen molar-refractivity contribution in [1.29, 1.82) is 0 Å². The van der Waals surface area contributed by atoms with Crippen LogP contribution in [0.1, 0.15) is 28.8 Å². The van der Waals surface area contributed by atoms with Crippen molar-refractivity contribution in [3.63, 3.8) is 0 Å². The van der Waals surface area contributed by atoms with Crippen LogP contribution in [0.2, 0.25) is 5.02 Å². The maximum atomic E-state index is 12.2. The first-order valence-electron chi connectivity index (χ1n) is 6.78. The highest BCUT2D eigenvalue weighted by molar-refractivity contribution is 6.30. The summed E-state index contributed by atoms with van der Waals surface area (Å²) in [7, 11) is 0. The first-order valence-corrected chi connectivity index (χ1v) is 7.16. The number of anilines is 2. The Labute approximate surface area is 127 Å². The van der Waals surface area contributed by atoms with Crippen molar-refractivity contribution < 1.29 is 4.79 Å². The largest absolute Gasteiger partial charge is 0.351 e. The lowest BCUT2D eigenvalue weighted by atomic mass is 10.2. The summed E-state index contributed by atoms with van der Waals surface area (Å²) >= 11 is 5.89. The zero-order valence-corrected chi connectivity index (χ0v) is 12.3. The zero-order chi connectivity index (χ0) is 14.8. The van der Waals surface area contributed by atoms with E-state index in [0.717, 1.165) is 24.1 Å². The standard InChI is InChI=1S/C15H15ClN4O/c1-9-6-11(16)2-5-13(9)20-14(21)10-7-17-15(18-8-10)19-12-3-4-12/h2,5-8,12H,3-4H2,1H3,(H,20,21)(H,17,18,19). The number of carbonyl (C=O) groups excluding carboxylic acids is 1. The SMILES string of the molecule is Cc1cc(Cl)ccc1NC(=O)c1cnc(NC2CC2)nc1. The van der Waals surface area contributed by atoms with E-state index in [9.17, 15) is 4.79 Å². The van der Waals surface area contributed by atoms with Gasteiger partial charge in [0.05, 0.1) is 5.56 Å². The van der Waals surface area contributed by atoms with E-state index >= 15 is 0 Å². The third-order valence-electron chi connectivity index (χ3n) is 3.26. The van der Waals surface area contributed by atoms with Crippen LogP contribution in [0, 0.1) is 6.92 Å². The molecule has 1 amide bonds. The molecule has 2 N–H and O–H groups in total. The van der Waals surface area contributed by atoms with Crippen LogP contribution in [0.3, 0.4) is 0 Å². The quantitative estimate of drug-likeness (QED) is 0.909. The van der Waals surface area contributed by atoms with Gasteiger partial charge in [0.25, 0.3) is 5.91 Å². The summed E-state index contributed by atoms with van der Waals surface area (Å²) in [6.45, 7) is 1.89. The molecule has 0 saturated heterocycles. The molecule has 0 atom stereocenters. The second-order valence-corrected chi connectivity index (χ2v) is 5.56. The number of carbonyl (C=O) groups is 1. The van der Waals surface area contributed by atoms with E-state index in [0.29, 0.717) is 22.6 Å². The predicted molar refractivity (Wildman–Crippen MR) is 82.8 cm³/mol. The third-order valence-corrected chi connectivity index (χ3v) is 3.50. The van der Waals surface area contributed by atoms with E-state index in [1.807, 2.05) is 6.92 Å². The van der Waals surface area contributed by atoms with Crippen molar-refractivity contribution in [2.45, 2.75) is 25.8 Å². The molecule has 0 spiro atoms. The van der Waals surface area contributed by atoms with Crippen LogP contribution in [-0.2, 0) is 0 Å². The van der Waals surface area contributed by atoms with Crippen LogP contribution in [0.15, 0.2) is 30.6 Å². The summed E-state index contributed by atoms with van der Waals surface area (Å²) in [5.74, 6) is 0.329. The number of aromatic nitrogens is 2. The van der Waals surface area contributed by atoms with Crippen LogP contribution in [-0.4, -0.2) is 21.9 Å². The summed E-state index contributed by atoms with van der Waals surface area (Å²) in [4.78, 5) is 20.5. The number of hydrogen-bond acceptors (Lipinski definition) is 4. The molecule has 1 aliphatic rings. The van der Waals surface area contributed by atoms with Gasteiger partial charge in [0.1, 0.15) is 0 Å². The van der Waals surface area contributed by atoms with Gasteiger partial charge in [-0.3, -0.25) is 4.79 Å². The lowest BCUT2D eigenvalue weighted by molar-refractivity contribution is 0.102. The molecule has 2 aromatic rings. The topological polar surface area (TPSA) is 66.9 Å². The minimum atomic E-state index is -0.238. The molecular weight excluding hydrogens is 288 g/mol. The molecule has 1 aromatic heterocycles. The van der Waals surface area contributed by atoms with Gasteiger partial charge >= 0.3 is 0 Å². The van der Waals surface area contributed by atoms with Gasteiger partial charge in [-0.15, -0.1) is 0 Å². The number of halogens is 1. The van der Waals surface area contributed by atoms with Gasteiger partial charge in [-0.05, 0) is 43.5 Å². The fourth-order valence-electron chi connectivity index (χ4n) is 1.89. The highest BCUT2D eigenvalue weighted by atomic mass is 35.5. The molecule has 6 heteroatoms. The van der Waals surface area contributed by atoms with Crippen LogP contribution < -0.4 is 10.6 Å². The van der Waals surface area contributed by atoms with Crippen molar-refractivity contribution in [3.05, 3.63) is 46.7 Å². The van der Waals surface area contributed by atoms with Crippen LogP contribution in [0.5, 0.6) is 0 Å². The van der Waals surface area contributed by atoms with Crippen molar-refractivity contribution in [2.75, 3.05) is 10.6 Å². The van der Waals surface area contributed by atoms with Gasteiger partial charge < -0.3 is 10.6 Å². The molecule has 0 radical (unpaired) electrons. The fraction of sp³-hybridized carbons (Fsp3) is 0.267. The number of benzene rings is 1. The van der Waals surface area contributed by atoms with Gasteiger partial charge in [0.15, 0.2) is 0 Å². The molecule has 3 rings (SSSR count). The zero-order valence-electron chi connectivity index (χ0n) is 11.6. The Kier molecular flexibility index (Phi) is 3.75. The molecule has 108 valence electrons. The average Bonchev–Trinajstić information content (AvgIpc) is 3.26. The first kappa shape index (κ1) is 13.8. The van der Waals surface area contributed by atoms with Crippen LogP contribution in [0.4, 0.5) is 11.6 Å². The van der Waals surface area contributed by atoms with E-state index in [1.54, 1.807) is 18.2 Å². The van der Waals surface area contributed by atoms with E-state index in [4.69, 9.17) is 11.6 Å². The highest BCUT2D eigenvalue weighted by Crippen LogP contribution is 2.23. The van der Waals surface area contributed by atoms with Gasteiger partial charge in [0.2, 0.25) is 5.95 Å². The van der Waals surface area contributed by atoms with E-state index in [2.05, 4.69) is 20.6 Å². The molecule has 1 saturated carbocycles. The Morgan fingerprint density at radius 3 is 2.62 bits per heavy atom. The van der Waals surface area contributed by atoms with Crippen molar-refractivity contribution in [3.8, 4) is 0 Å². The maximum absolute atomic E-state index is 12.2. The lowest BCUT2D eigenvalue weighted by Gasteiger charge is -2.09. The lowest BCUT2D eigenvalue weighted by Crippen LogP contribution is -2.14. The summed E-state index contributed by atoms with van der Waals surface area (Å²) in [5.41, 5.74) is 2.05. The summed E-state index contributed by atoms with van der Waals surface area (Å²) in [6.07, 6.45) is 5.36. The number of rotatable bonds is 4. The minimum Gasteiger partial charge on any atom is -0.351 e. The Morgan fingerprint density at radius 2 is 2.00 bits per heavy atom. The van der Waals surface area contributed by atoms with Crippen molar-refractivity contribution in [2.24, 2.45) is 0 Å². The first-order chi connectivity index (χ1) is 10.1. The Balaban J connectivity index is 1.69. The van der Waals surface area contributed by atoms with E-state index < -0.39 is 0 Å². The Hall–Kier alpha value is -2.14. The molecule has 5 nitrogen and oxygen atoms in total. The second kappa shape index (κ2) is 5.69. The van der Waals surface area contributed by atoms with Crippen LogP contribution in [0.25, 0.3) is 0 Å². The Morgan fingerprint density at radius 1 is 1.29 bits per heavy atom. The normalized spacial score (nSPS) is 13.8. The second-order valence-electron chi connectivity index (χ2n) is 5.13. The molecule has 1 fully saturated rings. The van der Waals surface area contributed by atoms with Crippen molar-refractivity contribution in [1.82, 2.24) is 9.97 Å². The van der Waals surface area contributed by atoms with E-state index in [-0.39, 0.29) is 5.91 Å². The van der Waals surface area contributed by atoms with E-state index in [1.165, 1.54) is 12.4 Å². The van der Waals surface area contributed by atoms with Gasteiger partial charge in [-0.2, -0.15) is 0 Å². The third kappa shape index (κ3) is 3.49. The molecule has 0 bridgehead atoms. The summed E-state index contributed by atoms with van der Waals surface area (Å²) in [5, 5.41) is 6.65. The van der Waals surface area contributed by atoms with Gasteiger partial charge in [0, 0.05) is 29.1 Å². The predicted octanol–water partition coefficient (Wildman–Crippen LogP) is 3.27.